The summed E-state index contributed by atoms with van der Waals surface area (Å²) in [4.78, 5) is 25.0. The van der Waals surface area contributed by atoms with E-state index in [1.54, 1.807) is 0 Å². The van der Waals surface area contributed by atoms with E-state index in [0.29, 0.717) is 6.42 Å². The van der Waals surface area contributed by atoms with Crippen LogP contribution in [0.15, 0.2) is 60.7 Å². The summed E-state index contributed by atoms with van der Waals surface area (Å²) in [6.07, 6.45) is 3.19. The highest BCUT2D eigenvalue weighted by Crippen LogP contribution is 2.36. The van der Waals surface area contributed by atoms with Gasteiger partial charge in [-0.15, -0.1) is 0 Å². The van der Waals surface area contributed by atoms with Crippen LogP contribution >= 0.6 is 0 Å². The molecule has 0 bridgehead atoms. The molecule has 1 aliphatic heterocycles. The summed E-state index contributed by atoms with van der Waals surface area (Å²) in [5.41, 5.74) is 1.43. The lowest BCUT2D eigenvalue weighted by Crippen LogP contribution is -2.63. The van der Waals surface area contributed by atoms with Crippen LogP contribution in [0.2, 0.25) is 0 Å². The van der Waals surface area contributed by atoms with Crippen LogP contribution in [-0.4, -0.2) is 24.4 Å². The van der Waals surface area contributed by atoms with Crippen molar-refractivity contribution in [3.8, 4) is 0 Å². The molecule has 2 aliphatic rings. The van der Waals surface area contributed by atoms with Gasteiger partial charge in [0, 0.05) is 12.3 Å². The molecule has 4 nitrogen and oxygen atoms in total. The Balaban J connectivity index is 1.77. The molecular weight excluding hydrogens is 326 g/mol. The summed E-state index contributed by atoms with van der Waals surface area (Å²) in [6, 6.07) is 19.4. The molecule has 0 aromatic heterocycles. The van der Waals surface area contributed by atoms with Crippen LogP contribution < -0.4 is 5.32 Å². The standard InChI is InChI=1S/C22H23NO3/c24-19-14-8-7-13-18(19)20-21(25)26-15-22(23-20,16-9-3-1-4-10-16)17-11-5-2-6-12-17/h1-6,9-12,18,20,23H,7-8,13-15H2/t18-,20-/m0/s1. The van der Waals surface area contributed by atoms with Crippen LogP contribution in [0.3, 0.4) is 0 Å². The average Bonchev–Trinajstić information content (AvgIpc) is 2.71. The van der Waals surface area contributed by atoms with Gasteiger partial charge in [-0.05, 0) is 24.0 Å². The van der Waals surface area contributed by atoms with Gasteiger partial charge in [-0.25, -0.2) is 0 Å². The summed E-state index contributed by atoms with van der Waals surface area (Å²) < 4.78 is 5.66. The van der Waals surface area contributed by atoms with Crippen molar-refractivity contribution in [2.24, 2.45) is 5.92 Å². The minimum absolute atomic E-state index is 0.169. The minimum Gasteiger partial charge on any atom is -0.462 e. The van der Waals surface area contributed by atoms with Gasteiger partial charge in [-0.3, -0.25) is 14.9 Å². The number of carbonyl (C=O) groups excluding carboxylic acids is 2. The van der Waals surface area contributed by atoms with E-state index in [9.17, 15) is 9.59 Å². The number of hydrogen-bond acceptors (Lipinski definition) is 4. The number of hydrogen-bond donors (Lipinski definition) is 1. The topological polar surface area (TPSA) is 55.4 Å². The molecule has 0 unspecified atom stereocenters. The van der Waals surface area contributed by atoms with Crippen LogP contribution in [0.5, 0.6) is 0 Å². The van der Waals surface area contributed by atoms with Crippen LogP contribution in [0.4, 0.5) is 0 Å². The first-order valence-corrected chi connectivity index (χ1v) is 9.29. The lowest BCUT2D eigenvalue weighted by molar-refractivity contribution is -0.159. The second-order valence-corrected chi connectivity index (χ2v) is 7.19. The van der Waals surface area contributed by atoms with Crippen molar-refractivity contribution in [1.82, 2.24) is 5.32 Å². The molecule has 4 heteroatoms. The average molecular weight is 349 g/mol. The third-order valence-electron chi connectivity index (χ3n) is 5.62. The third-order valence-corrected chi connectivity index (χ3v) is 5.62. The van der Waals surface area contributed by atoms with E-state index in [4.69, 9.17) is 4.74 Å². The maximum Gasteiger partial charge on any atom is 0.324 e. The molecule has 2 fully saturated rings. The molecule has 1 heterocycles. The number of morpholine rings is 1. The summed E-state index contributed by atoms with van der Waals surface area (Å²) in [6.45, 7) is 0.220. The van der Waals surface area contributed by atoms with Crippen molar-refractivity contribution in [2.45, 2.75) is 37.3 Å². The van der Waals surface area contributed by atoms with E-state index in [-0.39, 0.29) is 24.3 Å². The Hall–Kier alpha value is -2.46. The van der Waals surface area contributed by atoms with Crippen molar-refractivity contribution in [2.75, 3.05) is 6.61 Å². The summed E-state index contributed by atoms with van der Waals surface area (Å²) in [5, 5.41) is 3.55. The van der Waals surface area contributed by atoms with Crippen LogP contribution in [0.1, 0.15) is 36.8 Å². The van der Waals surface area contributed by atoms with Crippen molar-refractivity contribution < 1.29 is 14.3 Å². The second-order valence-electron chi connectivity index (χ2n) is 7.19. The van der Waals surface area contributed by atoms with E-state index >= 15 is 0 Å². The summed E-state index contributed by atoms with van der Waals surface area (Å²) in [7, 11) is 0. The van der Waals surface area contributed by atoms with Gasteiger partial charge >= 0.3 is 5.97 Å². The zero-order valence-electron chi connectivity index (χ0n) is 14.7. The summed E-state index contributed by atoms with van der Waals surface area (Å²) in [5.74, 6) is -0.446. The quantitative estimate of drug-likeness (QED) is 0.865. The number of benzene rings is 2. The predicted octanol–water partition coefficient (Wildman–Crippen LogP) is 3.20. The lowest BCUT2D eigenvalue weighted by atomic mass is 9.77. The van der Waals surface area contributed by atoms with Gasteiger partial charge in [-0.1, -0.05) is 67.1 Å². The zero-order valence-corrected chi connectivity index (χ0v) is 14.7. The van der Waals surface area contributed by atoms with Crippen molar-refractivity contribution in [3.05, 3.63) is 71.8 Å². The van der Waals surface area contributed by atoms with E-state index < -0.39 is 11.6 Å². The Kier molecular flexibility index (Phi) is 4.60. The van der Waals surface area contributed by atoms with Gasteiger partial charge in [0.05, 0.1) is 0 Å². The molecule has 0 spiro atoms. The fraction of sp³-hybridized carbons (Fsp3) is 0.364. The highest BCUT2D eigenvalue weighted by atomic mass is 16.5. The van der Waals surface area contributed by atoms with Crippen molar-refractivity contribution in [3.63, 3.8) is 0 Å². The van der Waals surface area contributed by atoms with Gasteiger partial charge in [0.15, 0.2) is 0 Å². The van der Waals surface area contributed by atoms with Crippen molar-refractivity contribution >= 4 is 11.8 Å². The van der Waals surface area contributed by atoms with Crippen molar-refractivity contribution in [1.29, 1.82) is 0 Å². The highest BCUT2D eigenvalue weighted by molar-refractivity contribution is 5.89. The Morgan fingerprint density at radius 3 is 2.08 bits per heavy atom. The fourth-order valence-corrected chi connectivity index (χ4v) is 4.21. The molecule has 1 saturated carbocycles. The molecule has 4 rings (SSSR count). The molecule has 1 aliphatic carbocycles. The number of ether oxygens (including phenoxy) is 1. The Morgan fingerprint density at radius 2 is 1.50 bits per heavy atom. The Bertz CT molecular complexity index is 748. The molecule has 1 N–H and O–H groups in total. The van der Waals surface area contributed by atoms with E-state index in [0.717, 1.165) is 30.4 Å². The number of rotatable bonds is 3. The minimum atomic E-state index is -0.640. The third kappa shape index (κ3) is 2.95. The number of Topliss-reactive ketones (excluding diaryl/α,β-unsaturated/α-hetero) is 1. The number of nitrogens with one attached hydrogen (secondary N) is 1. The number of cyclic esters (lactones) is 1. The van der Waals surface area contributed by atoms with Crippen LogP contribution in [0.25, 0.3) is 0 Å². The number of ketones is 1. The van der Waals surface area contributed by atoms with E-state index in [1.807, 2.05) is 60.7 Å². The van der Waals surface area contributed by atoms with Gasteiger partial charge < -0.3 is 4.74 Å². The zero-order chi connectivity index (χ0) is 18.0. The Labute approximate surface area is 153 Å². The first-order valence-electron chi connectivity index (χ1n) is 9.29. The van der Waals surface area contributed by atoms with E-state index in [2.05, 4.69) is 5.32 Å². The monoisotopic (exact) mass is 349 g/mol. The van der Waals surface area contributed by atoms with Crippen LogP contribution in [-0.2, 0) is 19.9 Å². The molecule has 26 heavy (non-hydrogen) atoms. The largest absolute Gasteiger partial charge is 0.462 e. The summed E-state index contributed by atoms with van der Waals surface area (Å²) >= 11 is 0. The first kappa shape index (κ1) is 17.0. The molecular formula is C22H23NO3. The first-order chi connectivity index (χ1) is 12.7. The molecule has 0 amide bonds. The van der Waals surface area contributed by atoms with Gasteiger partial charge in [0.1, 0.15) is 24.0 Å². The van der Waals surface area contributed by atoms with Crippen LogP contribution in [0, 0.1) is 5.92 Å². The number of carbonyl (C=O) groups is 2. The predicted molar refractivity (Wildman–Crippen MR) is 98.5 cm³/mol. The molecule has 0 radical (unpaired) electrons. The smallest absolute Gasteiger partial charge is 0.324 e. The highest BCUT2D eigenvalue weighted by Gasteiger charge is 2.48. The van der Waals surface area contributed by atoms with Gasteiger partial charge in [0.25, 0.3) is 0 Å². The molecule has 2 aromatic rings. The van der Waals surface area contributed by atoms with Gasteiger partial charge in [-0.2, -0.15) is 0 Å². The SMILES string of the molecule is O=C1OCC(c2ccccc2)(c2ccccc2)N[C@H]1[C@H]1CCCCC1=O. The number of esters is 1. The second kappa shape index (κ2) is 7.04. The lowest BCUT2D eigenvalue weighted by Gasteiger charge is -2.44. The fourth-order valence-electron chi connectivity index (χ4n) is 4.21. The normalized spacial score (nSPS) is 25.5. The van der Waals surface area contributed by atoms with E-state index in [1.165, 1.54) is 0 Å². The van der Waals surface area contributed by atoms with Gasteiger partial charge in [0.2, 0.25) is 0 Å². The maximum absolute atomic E-state index is 12.6. The maximum atomic E-state index is 12.6. The Morgan fingerprint density at radius 1 is 0.885 bits per heavy atom. The molecule has 134 valence electrons. The molecule has 2 atom stereocenters. The molecule has 1 saturated heterocycles. The molecule has 2 aromatic carbocycles.